The molecule has 0 saturated heterocycles. The van der Waals surface area contributed by atoms with Crippen molar-refractivity contribution in [3.63, 3.8) is 0 Å². The van der Waals surface area contributed by atoms with Gasteiger partial charge in [-0.1, -0.05) is 19.9 Å². The number of H-pyrrole nitrogens is 1. The molecule has 0 aliphatic rings. The number of nitrogens with one attached hydrogen (secondary N) is 2. The molecule has 0 fully saturated rings. The molecule has 3 aromatic rings. The fraction of sp³-hybridized carbons (Fsp3) is 0.440. The topological polar surface area (TPSA) is 64.5 Å². The van der Waals surface area contributed by atoms with Gasteiger partial charge in [-0.2, -0.15) is 0 Å². The van der Waals surface area contributed by atoms with Crippen LogP contribution < -0.4 is 10.9 Å². The standard InChI is InChI=1S/C25H34N4O2S/c1-5-28(6-2)11-8-10-26-25(32)29(17-21-9-7-12-31-21)16-20-15-22-19(4)13-18(3)14-23(22)27-24(20)30/h7,9,12-15H,5-6,8,10-11,16-17H2,1-4H3,(H,26,32)(H,27,30). The van der Waals surface area contributed by atoms with Crippen LogP contribution in [0.25, 0.3) is 10.9 Å². The Bertz CT molecular complexity index is 1090. The zero-order valence-electron chi connectivity index (χ0n) is 19.5. The number of rotatable bonds is 10. The van der Waals surface area contributed by atoms with Crippen molar-refractivity contribution in [2.75, 3.05) is 26.2 Å². The van der Waals surface area contributed by atoms with Crippen LogP contribution in [-0.2, 0) is 13.1 Å². The molecule has 0 spiro atoms. The van der Waals surface area contributed by atoms with Crippen molar-refractivity contribution < 1.29 is 4.42 Å². The second-order valence-electron chi connectivity index (χ2n) is 8.21. The lowest BCUT2D eigenvalue weighted by Crippen LogP contribution is -2.41. The van der Waals surface area contributed by atoms with Crippen LogP contribution in [0.3, 0.4) is 0 Å². The fourth-order valence-corrected chi connectivity index (χ4v) is 4.21. The quantitative estimate of drug-likeness (QED) is 0.351. The van der Waals surface area contributed by atoms with Crippen LogP contribution in [0.4, 0.5) is 0 Å². The van der Waals surface area contributed by atoms with Crippen LogP contribution in [0.15, 0.2) is 45.8 Å². The minimum absolute atomic E-state index is 0.0868. The number of pyridine rings is 1. The Hall–Kier alpha value is -2.64. The molecule has 0 unspecified atom stereocenters. The smallest absolute Gasteiger partial charge is 0.253 e. The Labute approximate surface area is 195 Å². The van der Waals surface area contributed by atoms with Gasteiger partial charge in [0.15, 0.2) is 5.11 Å². The lowest BCUT2D eigenvalue weighted by atomic mass is 10.0. The first kappa shape index (κ1) is 24.0. The molecule has 2 aromatic heterocycles. The average molecular weight is 455 g/mol. The second-order valence-corrected chi connectivity index (χ2v) is 8.60. The van der Waals surface area contributed by atoms with Crippen molar-refractivity contribution in [3.8, 4) is 0 Å². The minimum Gasteiger partial charge on any atom is -0.467 e. The molecule has 0 aliphatic carbocycles. The monoisotopic (exact) mass is 454 g/mol. The number of hydrogen-bond donors (Lipinski definition) is 2. The summed E-state index contributed by atoms with van der Waals surface area (Å²) in [5, 5.41) is 5.05. The molecule has 3 rings (SSSR count). The molecule has 0 atom stereocenters. The zero-order valence-corrected chi connectivity index (χ0v) is 20.3. The number of aryl methyl sites for hydroxylation is 2. The van der Waals surface area contributed by atoms with Crippen LogP contribution >= 0.6 is 12.2 Å². The molecule has 0 amide bonds. The largest absolute Gasteiger partial charge is 0.467 e. The first-order chi connectivity index (χ1) is 15.4. The molecule has 0 aliphatic heterocycles. The highest BCUT2D eigenvalue weighted by molar-refractivity contribution is 7.80. The number of furan rings is 1. The Morgan fingerprint density at radius 2 is 1.94 bits per heavy atom. The summed E-state index contributed by atoms with van der Waals surface area (Å²) in [6, 6.07) is 9.92. The van der Waals surface area contributed by atoms with Gasteiger partial charge in [-0.05, 0) is 87.5 Å². The average Bonchev–Trinajstić information content (AvgIpc) is 3.27. The Balaban J connectivity index is 1.76. The second kappa shape index (κ2) is 11.3. The Morgan fingerprint density at radius 3 is 2.62 bits per heavy atom. The van der Waals surface area contributed by atoms with Crippen LogP contribution in [0.2, 0.25) is 0 Å². The summed E-state index contributed by atoms with van der Waals surface area (Å²) in [5.74, 6) is 0.807. The first-order valence-corrected chi connectivity index (χ1v) is 11.7. The van der Waals surface area contributed by atoms with E-state index in [0.717, 1.165) is 60.4 Å². The van der Waals surface area contributed by atoms with Crippen molar-refractivity contribution in [1.82, 2.24) is 20.1 Å². The van der Waals surface area contributed by atoms with Crippen molar-refractivity contribution in [2.45, 2.75) is 47.2 Å². The molecule has 6 nitrogen and oxygen atoms in total. The molecule has 0 radical (unpaired) electrons. The van der Waals surface area contributed by atoms with E-state index in [2.05, 4.69) is 42.0 Å². The lowest BCUT2D eigenvalue weighted by molar-refractivity contribution is 0.298. The minimum atomic E-state index is -0.0868. The fourth-order valence-electron chi connectivity index (χ4n) is 3.98. The van der Waals surface area contributed by atoms with E-state index in [0.29, 0.717) is 23.8 Å². The molecular formula is C25H34N4O2S. The maximum Gasteiger partial charge on any atom is 0.253 e. The van der Waals surface area contributed by atoms with Gasteiger partial charge in [0.05, 0.1) is 19.4 Å². The van der Waals surface area contributed by atoms with Crippen LogP contribution in [0.1, 0.15) is 42.7 Å². The molecule has 172 valence electrons. The van der Waals surface area contributed by atoms with Crippen LogP contribution in [0.5, 0.6) is 0 Å². The molecular weight excluding hydrogens is 420 g/mol. The summed E-state index contributed by atoms with van der Waals surface area (Å²) in [7, 11) is 0. The van der Waals surface area contributed by atoms with E-state index in [-0.39, 0.29) is 5.56 Å². The van der Waals surface area contributed by atoms with Crippen molar-refractivity contribution in [1.29, 1.82) is 0 Å². The van der Waals surface area contributed by atoms with Gasteiger partial charge in [0.25, 0.3) is 5.56 Å². The van der Waals surface area contributed by atoms with Gasteiger partial charge in [-0.15, -0.1) is 0 Å². The van der Waals surface area contributed by atoms with E-state index in [4.69, 9.17) is 16.6 Å². The van der Waals surface area contributed by atoms with Gasteiger partial charge >= 0.3 is 0 Å². The van der Waals surface area contributed by atoms with Crippen molar-refractivity contribution in [3.05, 3.63) is 69.4 Å². The summed E-state index contributed by atoms with van der Waals surface area (Å²) in [6.45, 7) is 13.3. The van der Waals surface area contributed by atoms with Gasteiger partial charge in [0, 0.05) is 23.0 Å². The Morgan fingerprint density at radius 1 is 1.16 bits per heavy atom. The molecule has 1 aromatic carbocycles. The predicted molar refractivity (Wildman–Crippen MR) is 135 cm³/mol. The van der Waals surface area contributed by atoms with Gasteiger partial charge in [-0.3, -0.25) is 4.79 Å². The third-order valence-corrected chi connectivity index (χ3v) is 6.19. The third kappa shape index (κ3) is 6.20. The maximum atomic E-state index is 12.8. The number of fused-ring (bicyclic) bond motifs is 1. The molecule has 7 heteroatoms. The van der Waals surface area contributed by atoms with Gasteiger partial charge in [-0.25, -0.2) is 0 Å². The van der Waals surface area contributed by atoms with E-state index in [9.17, 15) is 4.79 Å². The summed E-state index contributed by atoms with van der Waals surface area (Å²) in [6.07, 6.45) is 2.66. The summed E-state index contributed by atoms with van der Waals surface area (Å²) in [5.41, 5.74) is 3.74. The van der Waals surface area contributed by atoms with Crippen LogP contribution in [0, 0.1) is 13.8 Å². The number of benzene rings is 1. The van der Waals surface area contributed by atoms with E-state index < -0.39 is 0 Å². The van der Waals surface area contributed by atoms with Crippen LogP contribution in [-0.4, -0.2) is 46.1 Å². The highest BCUT2D eigenvalue weighted by atomic mass is 32.1. The summed E-state index contributed by atoms with van der Waals surface area (Å²) < 4.78 is 5.55. The highest BCUT2D eigenvalue weighted by Gasteiger charge is 2.16. The molecule has 2 N–H and O–H groups in total. The molecule has 0 saturated carbocycles. The lowest BCUT2D eigenvalue weighted by Gasteiger charge is -2.25. The third-order valence-electron chi connectivity index (χ3n) is 5.79. The number of aromatic amines is 1. The van der Waals surface area contributed by atoms with E-state index in [1.54, 1.807) is 6.26 Å². The van der Waals surface area contributed by atoms with E-state index in [1.165, 1.54) is 0 Å². The van der Waals surface area contributed by atoms with Crippen molar-refractivity contribution >= 4 is 28.2 Å². The molecule has 0 bridgehead atoms. The van der Waals surface area contributed by atoms with Crippen molar-refractivity contribution in [2.24, 2.45) is 0 Å². The number of hydrogen-bond acceptors (Lipinski definition) is 4. The first-order valence-electron chi connectivity index (χ1n) is 11.3. The van der Waals surface area contributed by atoms with E-state index in [1.807, 2.05) is 36.1 Å². The SMILES string of the molecule is CCN(CC)CCCNC(=S)N(Cc1ccco1)Cc1cc2c(C)cc(C)cc2[nH]c1=O. The van der Waals surface area contributed by atoms with E-state index >= 15 is 0 Å². The predicted octanol–water partition coefficient (Wildman–Crippen LogP) is 4.35. The van der Waals surface area contributed by atoms with Gasteiger partial charge < -0.3 is 24.5 Å². The molecule has 32 heavy (non-hydrogen) atoms. The number of thiocarbonyl (C=S) groups is 1. The van der Waals surface area contributed by atoms with Gasteiger partial charge in [0.1, 0.15) is 5.76 Å². The Kier molecular flexibility index (Phi) is 8.47. The molecule has 2 heterocycles. The summed E-state index contributed by atoms with van der Waals surface area (Å²) >= 11 is 5.71. The maximum absolute atomic E-state index is 12.8. The summed E-state index contributed by atoms with van der Waals surface area (Å²) in [4.78, 5) is 20.3. The normalized spacial score (nSPS) is 11.3. The number of aromatic nitrogens is 1. The van der Waals surface area contributed by atoms with Gasteiger partial charge in [0.2, 0.25) is 0 Å². The highest BCUT2D eigenvalue weighted by Crippen LogP contribution is 2.19. The zero-order chi connectivity index (χ0) is 23.1. The number of nitrogens with zero attached hydrogens (tertiary/aromatic N) is 2.